The molecule has 0 unspecified atom stereocenters. The number of pyridine rings is 1. The van der Waals surface area contributed by atoms with Crippen LogP contribution in [-0.4, -0.2) is 45.0 Å². The molecule has 1 N–H and O–H groups in total. The first-order chi connectivity index (χ1) is 13.3. The van der Waals surface area contributed by atoms with Crippen molar-refractivity contribution in [3.8, 4) is 0 Å². The lowest BCUT2D eigenvalue weighted by Crippen LogP contribution is -2.33. The van der Waals surface area contributed by atoms with E-state index in [1.54, 1.807) is 12.4 Å². The molecule has 2 aliphatic rings. The molecule has 1 aromatic carbocycles. The first kappa shape index (κ1) is 16.4. The first-order valence-corrected chi connectivity index (χ1v) is 9.68. The van der Waals surface area contributed by atoms with Gasteiger partial charge in [0.1, 0.15) is 11.3 Å². The maximum absolute atomic E-state index is 12.3. The molecular weight excluding hydrogens is 338 g/mol. The summed E-state index contributed by atoms with van der Waals surface area (Å²) in [7, 11) is 0. The minimum Gasteiger partial charge on any atom is -0.350 e. The monoisotopic (exact) mass is 361 g/mol. The predicted molar refractivity (Wildman–Crippen MR) is 104 cm³/mol. The van der Waals surface area contributed by atoms with E-state index < -0.39 is 0 Å². The molecule has 1 saturated heterocycles. The zero-order chi connectivity index (χ0) is 18.2. The van der Waals surface area contributed by atoms with Crippen molar-refractivity contribution in [1.29, 1.82) is 0 Å². The Morgan fingerprint density at radius 2 is 1.89 bits per heavy atom. The fourth-order valence-corrected chi connectivity index (χ4v) is 4.38. The van der Waals surface area contributed by atoms with E-state index in [2.05, 4.69) is 50.1 Å². The number of amides is 1. The fraction of sp³-hybridized carbons (Fsp3) is 0.381. The predicted octanol–water partition coefficient (Wildman–Crippen LogP) is 2.55. The highest BCUT2D eigenvalue weighted by Crippen LogP contribution is 2.32. The summed E-state index contributed by atoms with van der Waals surface area (Å²) in [6.45, 7) is 4.57. The molecule has 6 heteroatoms. The number of carbonyl (C=O) groups excluding carboxylic acids is 1. The van der Waals surface area contributed by atoms with Gasteiger partial charge in [0.05, 0.1) is 17.3 Å². The first-order valence-electron chi connectivity index (χ1n) is 9.68. The van der Waals surface area contributed by atoms with Crippen LogP contribution in [0.5, 0.6) is 0 Å². The molecule has 0 bridgehead atoms. The summed E-state index contributed by atoms with van der Waals surface area (Å²) >= 11 is 0. The standard InChI is InChI=1S/C21H23N5O/c27-21-17-12-22-13-18-19(17)26(11-8-23-21)20(24-18)16-6-9-25(10-7-16)14-15-4-2-1-3-5-15/h1-5,12-13,16H,6-11,14H2,(H,23,27). The van der Waals surface area contributed by atoms with Gasteiger partial charge in [-0.3, -0.25) is 14.7 Å². The van der Waals surface area contributed by atoms with Crippen LogP contribution in [-0.2, 0) is 13.1 Å². The van der Waals surface area contributed by atoms with Crippen molar-refractivity contribution in [3.05, 3.63) is 59.7 Å². The van der Waals surface area contributed by atoms with Crippen molar-refractivity contribution in [2.75, 3.05) is 19.6 Å². The smallest absolute Gasteiger partial charge is 0.255 e. The molecular formula is C21H23N5O. The normalized spacial score (nSPS) is 18.4. The quantitative estimate of drug-likeness (QED) is 0.779. The molecule has 4 heterocycles. The Labute approximate surface area is 158 Å². The SMILES string of the molecule is O=C1NCCn2c(C3CCN(Cc4ccccc4)CC3)nc3cncc1c32. The molecule has 0 saturated carbocycles. The molecule has 138 valence electrons. The third-order valence-corrected chi connectivity index (χ3v) is 5.75. The highest BCUT2D eigenvalue weighted by Gasteiger charge is 2.28. The van der Waals surface area contributed by atoms with E-state index in [4.69, 9.17) is 4.98 Å². The number of likely N-dealkylation sites (tertiary alicyclic amines) is 1. The van der Waals surface area contributed by atoms with E-state index in [0.717, 1.165) is 55.9 Å². The molecule has 27 heavy (non-hydrogen) atoms. The Morgan fingerprint density at radius 1 is 1.07 bits per heavy atom. The van der Waals surface area contributed by atoms with Gasteiger partial charge in [0.15, 0.2) is 0 Å². The molecule has 6 nitrogen and oxygen atoms in total. The number of nitrogens with zero attached hydrogens (tertiary/aromatic N) is 4. The summed E-state index contributed by atoms with van der Waals surface area (Å²) in [4.78, 5) is 23.9. The van der Waals surface area contributed by atoms with Crippen molar-refractivity contribution in [2.24, 2.45) is 0 Å². The summed E-state index contributed by atoms with van der Waals surface area (Å²) in [5.41, 5.74) is 3.80. The van der Waals surface area contributed by atoms with Gasteiger partial charge in [-0.2, -0.15) is 0 Å². The van der Waals surface area contributed by atoms with E-state index in [9.17, 15) is 4.79 Å². The van der Waals surface area contributed by atoms with Gasteiger partial charge in [0.25, 0.3) is 5.91 Å². The molecule has 5 rings (SSSR count). The van der Waals surface area contributed by atoms with Crippen molar-refractivity contribution in [1.82, 2.24) is 24.8 Å². The maximum Gasteiger partial charge on any atom is 0.255 e. The summed E-state index contributed by atoms with van der Waals surface area (Å²) in [5.74, 6) is 1.51. The Hall–Kier alpha value is -2.73. The van der Waals surface area contributed by atoms with Crippen LogP contribution in [0, 0.1) is 0 Å². The van der Waals surface area contributed by atoms with Crippen LogP contribution in [0.4, 0.5) is 0 Å². The molecule has 0 aliphatic carbocycles. The van der Waals surface area contributed by atoms with E-state index in [0.29, 0.717) is 18.0 Å². The van der Waals surface area contributed by atoms with Gasteiger partial charge in [-0.1, -0.05) is 30.3 Å². The van der Waals surface area contributed by atoms with Crippen LogP contribution < -0.4 is 5.32 Å². The second-order valence-corrected chi connectivity index (χ2v) is 7.47. The lowest BCUT2D eigenvalue weighted by Gasteiger charge is -2.32. The Bertz CT molecular complexity index is 973. The Balaban J connectivity index is 1.38. The summed E-state index contributed by atoms with van der Waals surface area (Å²) in [6.07, 6.45) is 5.63. The van der Waals surface area contributed by atoms with Crippen molar-refractivity contribution in [2.45, 2.75) is 31.8 Å². The summed E-state index contributed by atoms with van der Waals surface area (Å²) in [6, 6.07) is 10.7. The van der Waals surface area contributed by atoms with Crippen molar-refractivity contribution < 1.29 is 4.79 Å². The number of imidazole rings is 1. The van der Waals surface area contributed by atoms with E-state index >= 15 is 0 Å². The molecule has 1 fully saturated rings. The highest BCUT2D eigenvalue weighted by atomic mass is 16.1. The highest BCUT2D eigenvalue weighted by molar-refractivity contribution is 6.05. The molecule has 1 amide bonds. The molecule has 0 atom stereocenters. The molecule has 0 radical (unpaired) electrons. The van der Waals surface area contributed by atoms with Crippen LogP contribution in [0.2, 0.25) is 0 Å². The number of aromatic nitrogens is 3. The largest absolute Gasteiger partial charge is 0.350 e. The van der Waals surface area contributed by atoms with Gasteiger partial charge in [-0.05, 0) is 31.5 Å². The number of hydrogen-bond acceptors (Lipinski definition) is 4. The Morgan fingerprint density at radius 3 is 2.70 bits per heavy atom. The second-order valence-electron chi connectivity index (χ2n) is 7.47. The van der Waals surface area contributed by atoms with E-state index in [-0.39, 0.29) is 5.91 Å². The van der Waals surface area contributed by atoms with Crippen LogP contribution in [0.15, 0.2) is 42.7 Å². The third kappa shape index (κ3) is 3.00. The number of carbonyl (C=O) groups is 1. The second kappa shape index (κ2) is 6.78. The fourth-order valence-electron chi connectivity index (χ4n) is 4.38. The lowest BCUT2D eigenvalue weighted by molar-refractivity contribution is 0.0956. The van der Waals surface area contributed by atoms with Gasteiger partial charge >= 0.3 is 0 Å². The van der Waals surface area contributed by atoms with E-state index in [1.807, 2.05) is 0 Å². The number of hydrogen-bond donors (Lipinski definition) is 1. The number of nitrogens with one attached hydrogen (secondary N) is 1. The third-order valence-electron chi connectivity index (χ3n) is 5.75. The summed E-state index contributed by atoms with van der Waals surface area (Å²) < 4.78 is 2.25. The van der Waals surface area contributed by atoms with Gasteiger partial charge < -0.3 is 9.88 Å². The van der Waals surface area contributed by atoms with Gasteiger partial charge in [0, 0.05) is 31.7 Å². The number of benzene rings is 1. The van der Waals surface area contributed by atoms with E-state index in [1.165, 1.54) is 5.56 Å². The molecule has 3 aromatic rings. The zero-order valence-corrected chi connectivity index (χ0v) is 15.3. The van der Waals surface area contributed by atoms with Gasteiger partial charge in [-0.15, -0.1) is 0 Å². The Kier molecular flexibility index (Phi) is 4.13. The minimum absolute atomic E-state index is 0.0454. The van der Waals surface area contributed by atoms with Gasteiger partial charge in [-0.25, -0.2) is 4.98 Å². The van der Waals surface area contributed by atoms with Crippen LogP contribution in [0.3, 0.4) is 0 Å². The molecule has 2 aromatic heterocycles. The maximum atomic E-state index is 12.3. The minimum atomic E-state index is -0.0454. The lowest BCUT2D eigenvalue weighted by atomic mass is 9.95. The van der Waals surface area contributed by atoms with Gasteiger partial charge in [0.2, 0.25) is 0 Å². The van der Waals surface area contributed by atoms with Crippen LogP contribution in [0.25, 0.3) is 11.0 Å². The summed E-state index contributed by atoms with van der Waals surface area (Å²) in [5, 5.41) is 2.97. The molecule has 0 spiro atoms. The average Bonchev–Trinajstić information content (AvgIpc) is 2.99. The zero-order valence-electron chi connectivity index (χ0n) is 15.3. The number of piperidine rings is 1. The van der Waals surface area contributed by atoms with Crippen LogP contribution >= 0.6 is 0 Å². The average molecular weight is 361 g/mol. The van der Waals surface area contributed by atoms with Crippen molar-refractivity contribution >= 4 is 16.9 Å². The number of rotatable bonds is 3. The van der Waals surface area contributed by atoms with Crippen LogP contribution in [0.1, 0.15) is 40.5 Å². The molecule has 2 aliphatic heterocycles. The topological polar surface area (TPSA) is 63.1 Å². The van der Waals surface area contributed by atoms with Crippen molar-refractivity contribution in [3.63, 3.8) is 0 Å².